The van der Waals surface area contributed by atoms with Crippen molar-refractivity contribution in [3.05, 3.63) is 57.5 Å². The summed E-state index contributed by atoms with van der Waals surface area (Å²) < 4.78 is 50.3. The van der Waals surface area contributed by atoms with Crippen LogP contribution in [-0.4, -0.2) is 38.0 Å². The van der Waals surface area contributed by atoms with Gasteiger partial charge in [-0.1, -0.05) is 20.8 Å². The number of nitrogens with one attached hydrogen (secondary N) is 2. The Bertz CT molecular complexity index is 1330. The fourth-order valence-electron chi connectivity index (χ4n) is 3.45. The number of carbonyl (C=O) groups excluding carboxylic acids is 1. The summed E-state index contributed by atoms with van der Waals surface area (Å²) in [5, 5.41) is 5.17. The average molecular weight is 490 g/mol. The molecule has 2 N–H and O–H groups in total. The van der Waals surface area contributed by atoms with Crippen molar-refractivity contribution in [3.8, 4) is 11.3 Å². The van der Waals surface area contributed by atoms with E-state index in [4.69, 9.17) is 4.42 Å². The van der Waals surface area contributed by atoms with Crippen LogP contribution < -0.4 is 16.1 Å². The number of hydrogen-bond acceptors (Lipinski definition) is 5. The SMILES string of the molecule is Cc1c(F)c(NCCCN(C)C)c2c(=O)cc(-c3ccc(NC(=O)C(C)(C)C)c(F)c3)oc2c1F. The van der Waals surface area contributed by atoms with Gasteiger partial charge in [0, 0.05) is 29.2 Å². The molecule has 0 fully saturated rings. The predicted molar refractivity (Wildman–Crippen MR) is 132 cm³/mol. The molecule has 3 rings (SSSR count). The molecule has 0 spiro atoms. The first kappa shape index (κ1) is 26.3. The largest absolute Gasteiger partial charge is 0.453 e. The van der Waals surface area contributed by atoms with Crippen molar-refractivity contribution in [2.75, 3.05) is 37.8 Å². The number of rotatable bonds is 7. The lowest BCUT2D eigenvalue weighted by Crippen LogP contribution is -2.28. The van der Waals surface area contributed by atoms with Gasteiger partial charge in [0.1, 0.15) is 11.6 Å². The number of carbonyl (C=O) groups is 1. The molecule has 188 valence electrons. The summed E-state index contributed by atoms with van der Waals surface area (Å²) in [5.74, 6) is -3.05. The quantitative estimate of drug-likeness (QED) is 0.427. The third-order valence-corrected chi connectivity index (χ3v) is 5.54. The van der Waals surface area contributed by atoms with Gasteiger partial charge in [0.2, 0.25) is 5.91 Å². The highest BCUT2D eigenvalue weighted by molar-refractivity contribution is 5.95. The molecule has 6 nitrogen and oxygen atoms in total. The van der Waals surface area contributed by atoms with Gasteiger partial charge >= 0.3 is 0 Å². The Morgan fingerprint density at radius 2 is 1.77 bits per heavy atom. The third kappa shape index (κ3) is 5.67. The lowest BCUT2D eigenvalue weighted by molar-refractivity contribution is -0.123. The first-order valence-corrected chi connectivity index (χ1v) is 11.3. The van der Waals surface area contributed by atoms with E-state index in [0.717, 1.165) is 18.7 Å². The van der Waals surface area contributed by atoms with Crippen LogP contribution in [0.3, 0.4) is 0 Å². The van der Waals surface area contributed by atoms with Gasteiger partial charge in [-0.05, 0) is 52.2 Å². The molecule has 0 atom stereocenters. The second-order valence-corrected chi connectivity index (χ2v) is 9.79. The van der Waals surface area contributed by atoms with E-state index in [1.165, 1.54) is 19.1 Å². The zero-order valence-corrected chi connectivity index (χ0v) is 20.7. The molecule has 3 aromatic rings. The van der Waals surface area contributed by atoms with Crippen LogP contribution in [0, 0.1) is 29.8 Å². The van der Waals surface area contributed by atoms with Crippen molar-refractivity contribution in [2.45, 2.75) is 34.1 Å². The van der Waals surface area contributed by atoms with Gasteiger partial charge < -0.3 is 20.0 Å². The van der Waals surface area contributed by atoms with Crippen LogP contribution in [-0.2, 0) is 4.79 Å². The Hall–Kier alpha value is -3.33. The van der Waals surface area contributed by atoms with E-state index in [0.29, 0.717) is 13.0 Å². The molecular weight excluding hydrogens is 459 g/mol. The van der Waals surface area contributed by atoms with Crippen molar-refractivity contribution in [2.24, 2.45) is 5.41 Å². The number of halogens is 3. The van der Waals surface area contributed by atoms with Gasteiger partial charge in [0.05, 0.1) is 16.8 Å². The van der Waals surface area contributed by atoms with E-state index >= 15 is 0 Å². The Labute approximate surface area is 202 Å². The molecule has 0 saturated carbocycles. The molecule has 0 aliphatic carbocycles. The molecule has 1 aromatic heterocycles. The smallest absolute Gasteiger partial charge is 0.229 e. The van der Waals surface area contributed by atoms with Crippen molar-refractivity contribution in [3.63, 3.8) is 0 Å². The number of anilines is 2. The number of fused-ring (bicyclic) bond motifs is 1. The summed E-state index contributed by atoms with van der Waals surface area (Å²) in [6, 6.07) is 4.93. The number of benzene rings is 2. The van der Waals surface area contributed by atoms with Crippen molar-refractivity contribution in [1.82, 2.24) is 4.90 Å². The predicted octanol–water partition coefficient (Wildman–Crippen LogP) is 5.53. The molecule has 2 aromatic carbocycles. The van der Waals surface area contributed by atoms with E-state index in [-0.39, 0.29) is 39.6 Å². The first-order chi connectivity index (χ1) is 16.3. The molecule has 35 heavy (non-hydrogen) atoms. The number of amides is 1. The monoisotopic (exact) mass is 489 g/mol. The van der Waals surface area contributed by atoms with Crippen molar-refractivity contribution >= 4 is 28.3 Å². The van der Waals surface area contributed by atoms with E-state index in [1.54, 1.807) is 20.8 Å². The topological polar surface area (TPSA) is 74.6 Å². The summed E-state index contributed by atoms with van der Waals surface area (Å²) >= 11 is 0. The van der Waals surface area contributed by atoms with E-state index in [9.17, 15) is 22.8 Å². The lowest BCUT2D eigenvalue weighted by Gasteiger charge is -2.18. The van der Waals surface area contributed by atoms with Gasteiger partial charge in [0.25, 0.3) is 0 Å². The normalized spacial score (nSPS) is 11.8. The molecular formula is C26H30F3N3O3. The summed E-state index contributed by atoms with van der Waals surface area (Å²) in [6.07, 6.45) is 0.672. The number of hydrogen-bond donors (Lipinski definition) is 2. The molecule has 1 heterocycles. The first-order valence-electron chi connectivity index (χ1n) is 11.3. The van der Waals surface area contributed by atoms with Gasteiger partial charge in [0.15, 0.2) is 22.6 Å². The second kappa shape index (κ2) is 10.1. The molecule has 1 amide bonds. The third-order valence-electron chi connectivity index (χ3n) is 5.54. The molecule has 0 aliphatic rings. The molecule has 0 bridgehead atoms. The van der Waals surface area contributed by atoms with Crippen molar-refractivity contribution < 1.29 is 22.4 Å². The number of nitrogens with zero attached hydrogens (tertiary/aromatic N) is 1. The van der Waals surface area contributed by atoms with Crippen LogP contribution in [0.4, 0.5) is 24.5 Å². The van der Waals surface area contributed by atoms with Crippen molar-refractivity contribution in [1.29, 1.82) is 0 Å². The van der Waals surface area contributed by atoms with Gasteiger partial charge in [-0.2, -0.15) is 0 Å². The highest BCUT2D eigenvalue weighted by Crippen LogP contribution is 2.33. The fourth-order valence-corrected chi connectivity index (χ4v) is 3.45. The Morgan fingerprint density at radius 1 is 1.09 bits per heavy atom. The maximum absolute atomic E-state index is 15.0. The van der Waals surface area contributed by atoms with Crippen LogP contribution in [0.5, 0.6) is 0 Å². The Kier molecular flexibility index (Phi) is 7.59. The molecule has 0 unspecified atom stereocenters. The molecule has 0 saturated heterocycles. The van der Waals surface area contributed by atoms with Gasteiger partial charge in [-0.15, -0.1) is 0 Å². The lowest BCUT2D eigenvalue weighted by atomic mass is 9.95. The highest BCUT2D eigenvalue weighted by atomic mass is 19.1. The van der Waals surface area contributed by atoms with E-state index in [1.807, 2.05) is 19.0 Å². The van der Waals surface area contributed by atoms with Crippen LogP contribution in [0.2, 0.25) is 0 Å². The molecule has 0 radical (unpaired) electrons. The molecule has 0 aliphatic heterocycles. The minimum Gasteiger partial charge on any atom is -0.453 e. The van der Waals surface area contributed by atoms with Crippen LogP contribution in [0.1, 0.15) is 32.8 Å². The van der Waals surface area contributed by atoms with E-state index in [2.05, 4.69) is 10.6 Å². The summed E-state index contributed by atoms with van der Waals surface area (Å²) in [5.41, 5.74) is -2.09. The summed E-state index contributed by atoms with van der Waals surface area (Å²) in [6.45, 7) is 7.45. The summed E-state index contributed by atoms with van der Waals surface area (Å²) in [4.78, 5) is 27.1. The standard InChI is InChI=1S/C26H30F3N3O3/c1-14-21(28)23(30-10-7-11-32(5)6)20-18(33)13-19(35-24(20)22(14)29)15-8-9-17(16(27)12-15)31-25(34)26(2,3)4/h8-9,12-13,30H,7,10-11H2,1-6H3,(H,31,34). The zero-order chi connectivity index (χ0) is 26.1. The summed E-state index contributed by atoms with van der Waals surface area (Å²) in [7, 11) is 3.81. The maximum Gasteiger partial charge on any atom is 0.229 e. The zero-order valence-electron chi connectivity index (χ0n) is 20.7. The molecule has 9 heteroatoms. The fraction of sp³-hybridized carbons (Fsp3) is 0.385. The second-order valence-electron chi connectivity index (χ2n) is 9.79. The minimum absolute atomic E-state index is 0.0369. The van der Waals surface area contributed by atoms with Crippen LogP contribution in [0.25, 0.3) is 22.3 Å². The van der Waals surface area contributed by atoms with Gasteiger partial charge in [-0.3, -0.25) is 9.59 Å². The highest BCUT2D eigenvalue weighted by Gasteiger charge is 2.24. The van der Waals surface area contributed by atoms with E-state index < -0.39 is 33.9 Å². The van der Waals surface area contributed by atoms with Crippen LogP contribution >= 0.6 is 0 Å². The minimum atomic E-state index is -0.996. The Balaban J connectivity index is 2.03. The average Bonchev–Trinajstić information content (AvgIpc) is 2.77. The van der Waals surface area contributed by atoms with Gasteiger partial charge in [-0.25, -0.2) is 13.2 Å². The maximum atomic E-state index is 15.0. The Morgan fingerprint density at radius 3 is 2.37 bits per heavy atom. The van der Waals surface area contributed by atoms with Crippen LogP contribution in [0.15, 0.2) is 33.5 Å².